The molecule has 2 rings (SSSR count). The van der Waals surface area contributed by atoms with Gasteiger partial charge in [-0.3, -0.25) is 4.68 Å². The average Bonchev–Trinajstić information content (AvgIpc) is 2.58. The van der Waals surface area contributed by atoms with Crippen molar-refractivity contribution >= 4 is 11.6 Å². The largest absolute Gasteiger partial charge is 0.308 e. The van der Waals surface area contributed by atoms with Gasteiger partial charge in [0.15, 0.2) is 0 Å². The zero-order valence-electron chi connectivity index (χ0n) is 11.0. The summed E-state index contributed by atoms with van der Waals surface area (Å²) in [5.74, 6) is 0. The van der Waals surface area contributed by atoms with Gasteiger partial charge in [0, 0.05) is 36.4 Å². The fraction of sp³-hybridized carbons (Fsp3) is 0.357. The van der Waals surface area contributed by atoms with Gasteiger partial charge < -0.3 is 5.32 Å². The van der Waals surface area contributed by atoms with Gasteiger partial charge in [-0.05, 0) is 31.5 Å². The summed E-state index contributed by atoms with van der Waals surface area (Å²) in [4.78, 5) is 0. The molecule has 1 aromatic heterocycles. The van der Waals surface area contributed by atoms with Crippen LogP contribution < -0.4 is 5.32 Å². The van der Waals surface area contributed by atoms with Crippen LogP contribution in [0.3, 0.4) is 0 Å². The molecule has 1 heterocycles. The number of halogens is 1. The van der Waals surface area contributed by atoms with Crippen molar-refractivity contribution in [3.63, 3.8) is 0 Å². The fourth-order valence-electron chi connectivity index (χ4n) is 2.01. The molecule has 18 heavy (non-hydrogen) atoms. The second kappa shape index (κ2) is 5.55. The summed E-state index contributed by atoms with van der Waals surface area (Å²) in [5, 5.41) is 8.62. The summed E-state index contributed by atoms with van der Waals surface area (Å²) in [6.07, 6.45) is 0. The first-order chi connectivity index (χ1) is 8.58. The molecule has 0 unspecified atom stereocenters. The van der Waals surface area contributed by atoms with E-state index in [4.69, 9.17) is 11.6 Å². The number of nitrogens with one attached hydrogen (secondary N) is 1. The highest BCUT2D eigenvalue weighted by molar-refractivity contribution is 6.30. The number of hydrogen-bond acceptors (Lipinski definition) is 2. The molecule has 0 fully saturated rings. The molecular formula is C14H18ClN3. The Kier molecular flexibility index (Phi) is 4.04. The standard InChI is InChI=1S/C14H18ClN3/c1-10-14(11(2)18(3)17-10)9-16-8-12-4-6-13(15)7-5-12/h4-7,16H,8-9H2,1-3H3. The Morgan fingerprint density at radius 1 is 1.17 bits per heavy atom. The summed E-state index contributed by atoms with van der Waals surface area (Å²) in [6, 6.07) is 7.91. The van der Waals surface area contributed by atoms with E-state index in [2.05, 4.69) is 17.3 Å². The van der Waals surface area contributed by atoms with Gasteiger partial charge in [-0.1, -0.05) is 23.7 Å². The third-order valence-corrected chi connectivity index (χ3v) is 3.46. The summed E-state index contributed by atoms with van der Waals surface area (Å²) >= 11 is 5.85. The maximum absolute atomic E-state index is 5.85. The van der Waals surface area contributed by atoms with Gasteiger partial charge in [-0.15, -0.1) is 0 Å². The van der Waals surface area contributed by atoms with E-state index in [1.165, 1.54) is 16.8 Å². The SMILES string of the molecule is Cc1nn(C)c(C)c1CNCc1ccc(Cl)cc1. The number of nitrogens with zero attached hydrogens (tertiary/aromatic N) is 2. The van der Waals surface area contributed by atoms with E-state index in [9.17, 15) is 0 Å². The molecule has 2 aromatic rings. The fourth-order valence-corrected chi connectivity index (χ4v) is 2.13. The zero-order valence-corrected chi connectivity index (χ0v) is 11.8. The third kappa shape index (κ3) is 2.92. The molecule has 4 heteroatoms. The molecule has 96 valence electrons. The quantitative estimate of drug-likeness (QED) is 0.919. The maximum Gasteiger partial charge on any atom is 0.0641 e. The summed E-state index contributed by atoms with van der Waals surface area (Å²) < 4.78 is 1.93. The monoisotopic (exact) mass is 263 g/mol. The van der Waals surface area contributed by atoms with E-state index in [1.54, 1.807) is 0 Å². The Bertz CT molecular complexity index is 529. The van der Waals surface area contributed by atoms with Crippen LogP contribution in [0.15, 0.2) is 24.3 Å². The number of aryl methyl sites for hydroxylation is 2. The summed E-state index contributed by atoms with van der Waals surface area (Å²) in [7, 11) is 1.98. The van der Waals surface area contributed by atoms with Crippen LogP contribution in [0.2, 0.25) is 5.02 Å². The molecular weight excluding hydrogens is 246 g/mol. The van der Waals surface area contributed by atoms with Crippen LogP contribution in [0.25, 0.3) is 0 Å². The number of rotatable bonds is 4. The van der Waals surface area contributed by atoms with Crippen molar-refractivity contribution in [3.05, 3.63) is 51.8 Å². The van der Waals surface area contributed by atoms with Gasteiger partial charge in [0.2, 0.25) is 0 Å². The number of benzene rings is 1. The third-order valence-electron chi connectivity index (χ3n) is 3.20. The molecule has 0 aliphatic rings. The van der Waals surface area contributed by atoms with Gasteiger partial charge in [0.25, 0.3) is 0 Å². The smallest absolute Gasteiger partial charge is 0.0641 e. The predicted molar refractivity (Wildman–Crippen MR) is 74.7 cm³/mol. The van der Waals surface area contributed by atoms with E-state index in [0.717, 1.165) is 23.8 Å². The van der Waals surface area contributed by atoms with E-state index in [-0.39, 0.29) is 0 Å². The van der Waals surface area contributed by atoms with Crippen LogP contribution in [0.1, 0.15) is 22.5 Å². The Labute approximate surface area is 113 Å². The first kappa shape index (κ1) is 13.1. The van der Waals surface area contributed by atoms with Gasteiger partial charge in [-0.2, -0.15) is 5.10 Å². The molecule has 0 aliphatic heterocycles. The lowest BCUT2D eigenvalue weighted by atomic mass is 10.2. The molecule has 0 atom stereocenters. The molecule has 3 nitrogen and oxygen atoms in total. The highest BCUT2D eigenvalue weighted by atomic mass is 35.5. The van der Waals surface area contributed by atoms with Crippen molar-refractivity contribution in [1.29, 1.82) is 0 Å². The minimum atomic E-state index is 0.776. The lowest BCUT2D eigenvalue weighted by Gasteiger charge is -2.06. The van der Waals surface area contributed by atoms with Crippen molar-refractivity contribution in [2.75, 3.05) is 0 Å². The van der Waals surface area contributed by atoms with Gasteiger partial charge >= 0.3 is 0 Å². The van der Waals surface area contributed by atoms with Crippen LogP contribution in [0.4, 0.5) is 0 Å². The predicted octanol–water partition coefficient (Wildman–Crippen LogP) is 2.98. The minimum absolute atomic E-state index is 0.776. The van der Waals surface area contributed by atoms with Crippen LogP contribution in [-0.2, 0) is 20.1 Å². The van der Waals surface area contributed by atoms with Gasteiger partial charge in [0.1, 0.15) is 0 Å². The molecule has 0 saturated carbocycles. The molecule has 1 aromatic carbocycles. The minimum Gasteiger partial charge on any atom is -0.308 e. The molecule has 0 bridgehead atoms. The highest BCUT2D eigenvalue weighted by Crippen LogP contribution is 2.12. The first-order valence-electron chi connectivity index (χ1n) is 6.02. The molecule has 0 saturated heterocycles. The molecule has 0 spiro atoms. The van der Waals surface area contributed by atoms with Crippen molar-refractivity contribution in [2.45, 2.75) is 26.9 Å². The molecule has 1 N–H and O–H groups in total. The van der Waals surface area contributed by atoms with Crippen LogP contribution in [-0.4, -0.2) is 9.78 Å². The van der Waals surface area contributed by atoms with Gasteiger partial charge in [0.05, 0.1) is 5.69 Å². The van der Waals surface area contributed by atoms with Crippen LogP contribution in [0, 0.1) is 13.8 Å². The van der Waals surface area contributed by atoms with E-state index in [0.29, 0.717) is 0 Å². The van der Waals surface area contributed by atoms with E-state index < -0.39 is 0 Å². The summed E-state index contributed by atoms with van der Waals surface area (Å²) in [6.45, 7) is 5.82. The van der Waals surface area contributed by atoms with Crippen molar-refractivity contribution < 1.29 is 0 Å². The normalized spacial score (nSPS) is 10.9. The zero-order chi connectivity index (χ0) is 13.1. The summed E-state index contributed by atoms with van der Waals surface area (Å²) in [5.41, 5.74) is 4.83. The Hall–Kier alpha value is -1.32. The second-order valence-electron chi connectivity index (χ2n) is 4.50. The van der Waals surface area contributed by atoms with Gasteiger partial charge in [-0.25, -0.2) is 0 Å². The van der Waals surface area contributed by atoms with Crippen LogP contribution in [0.5, 0.6) is 0 Å². The molecule has 0 amide bonds. The highest BCUT2D eigenvalue weighted by Gasteiger charge is 2.08. The molecule has 0 radical (unpaired) electrons. The molecule has 0 aliphatic carbocycles. The topological polar surface area (TPSA) is 29.9 Å². The second-order valence-corrected chi connectivity index (χ2v) is 4.94. The van der Waals surface area contributed by atoms with Crippen molar-refractivity contribution in [3.8, 4) is 0 Å². The Morgan fingerprint density at radius 3 is 2.39 bits per heavy atom. The van der Waals surface area contributed by atoms with Crippen molar-refractivity contribution in [2.24, 2.45) is 7.05 Å². The lowest BCUT2D eigenvalue weighted by Crippen LogP contribution is -2.13. The van der Waals surface area contributed by atoms with Crippen molar-refractivity contribution in [1.82, 2.24) is 15.1 Å². The maximum atomic E-state index is 5.85. The van der Waals surface area contributed by atoms with E-state index >= 15 is 0 Å². The lowest BCUT2D eigenvalue weighted by molar-refractivity contribution is 0.684. The Morgan fingerprint density at radius 2 is 1.83 bits per heavy atom. The number of hydrogen-bond donors (Lipinski definition) is 1. The first-order valence-corrected chi connectivity index (χ1v) is 6.40. The van der Waals surface area contributed by atoms with Crippen LogP contribution >= 0.6 is 11.6 Å². The number of aromatic nitrogens is 2. The average molecular weight is 264 g/mol. The Balaban J connectivity index is 1.94. The van der Waals surface area contributed by atoms with E-state index in [1.807, 2.05) is 42.9 Å².